The molecule has 164 valence electrons. The highest BCUT2D eigenvalue weighted by Gasteiger charge is 2.25. The third-order valence-electron chi connectivity index (χ3n) is 4.54. The molecule has 0 aromatic heterocycles. The van der Waals surface area contributed by atoms with Crippen LogP contribution in [0.2, 0.25) is 0 Å². The summed E-state index contributed by atoms with van der Waals surface area (Å²) in [7, 11) is -4.06. The largest absolute Gasteiger partial charge is 0.479 e. The van der Waals surface area contributed by atoms with Crippen molar-refractivity contribution in [3.8, 4) is 0 Å². The smallest absolute Gasteiger partial charge is 0.333 e. The summed E-state index contributed by atoms with van der Waals surface area (Å²) in [5, 5.41) is 11.8. The van der Waals surface area contributed by atoms with Gasteiger partial charge >= 0.3 is 5.97 Å². The molecule has 1 aliphatic heterocycles. The Balaban J connectivity index is 1.63. The molecule has 1 aliphatic rings. The molecule has 3 rings (SSSR count). The van der Waals surface area contributed by atoms with E-state index in [1.165, 1.54) is 30.2 Å². The summed E-state index contributed by atoms with van der Waals surface area (Å²) in [5.74, 6) is -0.230. The first kappa shape index (κ1) is 22.7. The molecule has 1 amide bonds. The first-order valence-corrected chi connectivity index (χ1v) is 11.0. The van der Waals surface area contributed by atoms with Crippen molar-refractivity contribution in [3.05, 3.63) is 83.1 Å². The number of sulfonamides is 1. The number of nitrogens with one attached hydrogen (secondary N) is 2. The molecule has 1 atom stereocenters. The highest BCUT2D eigenvalue weighted by molar-refractivity contribution is 7.89. The molecule has 0 saturated carbocycles. The van der Waals surface area contributed by atoms with Crippen molar-refractivity contribution in [1.82, 2.24) is 10.0 Å². The number of carbonyl (C=O) groups is 2. The molecule has 2 aromatic rings. The van der Waals surface area contributed by atoms with Gasteiger partial charge in [-0.2, -0.15) is 0 Å². The lowest BCUT2D eigenvalue weighted by atomic mass is 10.1. The lowest BCUT2D eigenvalue weighted by Crippen LogP contribution is -2.29. The molecule has 10 heteroatoms. The highest BCUT2D eigenvalue weighted by Crippen LogP contribution is 2.16. The minimum Gasteiger partial charge on any atom is -0.479 e. The van der Waals surface area contributed by atoms with E-state index < -0.39 is 22.0 Å². The fourth-order valence-corrected chi connectivity index (χ4v) is 3.96. The molecule has 0 bridgehead atoms. The van der Waals surface area contributed by atoms with Gasteiger partial charge in [-0.25, -0.2) is 18.0 Å². The third kappa shape index (κ3) is 5.57. The van der Waals surface area contributed by atoms with Gasteiger partial charge in [0, 0.05) is 18.3 Å². The van der Waals surface area contributed by atoms with Crippen LogP contribution in [-0.2, 0) is 26.0 Å². The van der Waals surface area contributed by atoms with Crippen molar-refractivity contribution in [1.29, 1.82) is 0 Å². The van der Waals surface area contributed by atoms with Crippen LogP contribution in [0.5, 0.6) is 0 Å². The minimum absolute atomic E-state index is 0.0800. The maximum Gasteiger partial charge on any atom is 0.333 e. The van der Waals surface area contributed by atoms with E-state index in [1.807, 2.05) is 30.3 Å². The van der Waals surface area contributed by atoms with Gasteiger partial charge in [-0.15, -0.1) is 0 Å². The Morgan fingerprint density at radius 1 is 1.06 bits per heavy atom. The number of amides is 1. The lowest BCUT2D eigenvalue weighted by molar-refractivity contribution is -0.137. The third-order valence-corrected chi connectivity index (χ3v) is 5.94. The zero-order chi connectivity index (χ0) is 23.1. The van der Waals surface area contributed by atoms with Gasteiger partial charge < -0.3 is 10.4 Å². The molecular formula is C22H19N3O6S. The predicted octanol–water partition coefficient (Wildman–Crippen LogP) is 1.12. The number of hydrogen-bond acceptors (Lipinski definition) is 6. The van der Waals surface area contributed by atoms with Gasteiger partial charge in [-0.3, -0.25) is 14.5 Å². The topological polar surface area (TPSA) is 142 Å². The van der Waals surface area contributed by atoms with Gasteiger partial charge in [-0.1, -0.05) is 30.3 Å². The van der Waals surface area contributed by atoms with Crippen LogP contribution in [0.15, 0.2) is 81.8 Å². The van der Waals surface area contributed by atoms with Crippen LogP contribution in [0.25, 0.3) is 0 Å². The predicted molar refractivity (Wildman–Crippen MR) is 116 cm³/mol. The van der Waals surface area contributed by atoms with E-state index in [0.717, 1.165) is 17.9 Å². The molecular weight excluding hydrogens is 434 g/mol. The van der Waals surface area contributed by atoms with Crippen molar-refractivity contribution in [2.45, 2.75) is 17.4 Å². The second kappa shape index (κ2) is 9.86. The Hall–Kier alpha value is -4.01. The van der Waals surface area contributed by atoms with Gasteiger partial charge in [0.1, 0.15) is 5.94 Å². The number of carboxylic acids is 1. The second-order valence-electron chi connectivity index (χ2n) is 6.80. The van der Waals surface area contributed by atoms with E-state index in [1.54, 1.807) is 0 Å². The van der Waals surface area contributed by atoms with Gasteiger partial charge in [-0.05, 0) is 42.3 Å². The number of rotatable bonds is 8. The molecule has 1 heterocycles. The molecule has 9 nitrogen and oxygen atoms in total. The van der Waals surface area contributed by atoms with Gasteiger partial charge in [0.05, 0.1) is 16.2 Å². The summed E-state index contributed by atoms with van der Waals surface area (Å²) in [5.41, 5.74) is 0.998. The molecule has 0 aliphatic carbocycles. The summed E-state index contributed by atoms with van der Waals surface area (Å²) in [4.78, 5) is 37.8. The van der Waals surface area contributed by atoms with E-state index in [0.29, 0.717) is 18.5 Å². The number of aliphatic imine (C=N–C) groups is 1. The van der Waals surface area contributed by atoms with Crippen molar-refractivity contribution < 1.29 is 27.9 Å². The fourth-order valence-electron chi connectivity index (χ4n) is 2.92. The monoisotopic (exact) mass is 453 g/mol. The zero-order valence-electron chi connectivity index (χ0n) is 16.7. The van der Waals surface area contributed by atoms with E-state index in [4.69, 9.17) is 5.11 Å². The van der Waals surface area contributed by atoms with Crippen molar-refractivity contribution >= 4 is 34.1 Å². The first-order valence-electron chi connectivity index (χ1n) is 9.48. The summed E-state index contributed by atoms with van der Waals surface area (Å²) >= 11 is 0. The van der Waals surface area contributed by atoms with Crippen LogP contribution in [0, 0.1) is 0 Å². The number of benzene rings is 2. The summed E-state index contributed by atoms with van der Waals surface area (Å²) in [6.45, 7) is 0.432. The maximum atomic E-state index is 12.6. The van der Waals surface area contributed by atoms with Crippen LogP contribution < -0.4 is 10.0 Å². The molecule has 3 N–H and O–H groups in total. The number of dihydropyridines is 1. The normalized spacial score (nSPS) is 15.4. The number of carboxylic acid groups (broad SMARTS) is 1. The Morgan fingerprint density at radius 2 is 1.75 bits per heavy atom. The average molecular weight is 453 g/mol. The molecule has 2 aromatic carbocycles. The summed E-state index contributed by atoms with van der Waals surface area (Å²) < 4.78 is 27.4. The van der Waals surface area contributed by atoms with E-state index >= 15 is 0 Å². The van der Waals surface area contributed by atoms with Crippen LogP contribution in [-0.4, -0.2) is 50.1 Å². The summed E-state index contributed by atoms with van der Waals surface area (Å²) in [6.07, 6.45) is 2.75. The Kier molecular flexibility index (Phi) is 6.99. The SMILES string of the molecule is O=C=C1C=C(NS(=O)(=O)c2ccc(C(=O)NCCc3ccccc3)cc2)C=NC1C(=O)O. The Morgan fingerprint density at radius 3 is 2.38 bits per heavy atom. The number of allylic oxidation sites excluding steroid dienone is 1. The van der Waals surface area contributed by atoms with Crippen molar-refractivity contribution in [2.24, 2.45) is 4.99 Å². The van der Waals surface area contributed by atoms with Gasteiger partial charge in [0.2, 0.25) is 0 Å². The minimum atomic E-state index is -4.06. The number of carbonyl (C=O) groups excluding carboxylic acids is 2. The van der Waals surface area contributed by atoms with Crippen LogP contribution >= 0.6 is 0 Å². The quantitative estimate of drug-likeness (QED) is 0.511. The van der Waals surface area contributed by atoms with Crippen LogP contribution in [0.3, 0.4) is 0 Å². The highest BCUT2D eigenvalue weighted by atomic mass is 32.2. The van der Waals surface area contributed by atoms with Crippen molar-refractivity contribution in [2.75, 3.05) is 6.54 Å². The van der Waals surface area contributed by atoms with Gasteiger partial charge in [0.25, 0.3) is 15.9 Å². The van der Waals surface area contributed by atoms with E-state index in [9.17, 15) is 22.8 Å². The Bertz CT molecular complexity index is 1230. The summed E-state index contributed by atoms with van der Waals surface area (Å²) in [6, 6.07) is 13.5. The fraction of sp³-hybridized carbons (Fsp3) is 0.136. The number of hydrogen-bond donors (Lipinski definition) is 3. The second-order valence-corrected chi connectivity index (χ2v) is 8.48. The number of nitrogens with zero attached hydrogens (tertiary/aromatic N) is 1. The van der Waals surface area contributed by atoms with E-state index in [2.05, 4.69) is 15.0 Å². The zero-order valence-corrected chi connectivity index (χ0v) is 17.5. The molecule has 0 spiro atoms. The average Bonchev–Trinajstić information content (AvgIpc) is 2.79. The molecule has 0 radical (unpaired) electrons. The van der Waals surface area contributed by atoms with E-state index in [-0.39, 0.29) is 22.1 Å². The molecule has 0 saturated heterocycles. The van der Waals surface area contributed by atoms with Crippen LogP contribution in [0.1, 0.15) is 15.9 Å². The lowest BCUT2D eigenvalue weighted by Gasteiger charge is -2.15. The first-order chi connectivity index (χ1) is 15.3. The molecule has 32 heavy (non-hydrogen) atoms. The Labute approximate surface area is 184 Å². The molecule has 1 unspecified atom stereocenters. The van der Waals surface area contributed by atoms with Crippen LogP contribution in [0.4, 0.5) is 0 Å². The van der Waals surface area contributed by atoms with Crippen molar-refractivity contribution in [3.63, 3.8) is 0 Å². The van der Waals surface area contributed by atoms with Gasteiger partial charge in [0.15, 0.2) is 6.04 Å². The molecule has 0 fully saturated rings. The maximum absolute atomic E-state index is 12.6. The standard InChI is InChI=1S/C22H19N3O6S/c26-14-17-12-18(13-24-20(17)22(28)29)25-32(30,31)19-8-6-16(7-9-19)21(27)23-11-10-15-4-2-1-3-5-15/h1-9,12-13,20,25H,10-11H2,(H,23,27)(H,28,29). The number of aliphatic carboxylic acids is 1.